The molecular weight excluding hydrogens is 262 g/mol. The van der Waals surface area contributed by atoms with Crippen LogP contribution in [0.4, 0.5) is 0 Å². The number of rotatable bonds is 5. The summed E-state index contributed by atoms with van der Waals surface area (Å²) in [5, 5.41) is 3.42. The molecule has 0 amide bonds. The summed E-state index contributed by atoms with van der Waals surface area (Å²) in [6.45, 7) is 6.74. The van der Waals surface area contributed by atoms with Crippen LogP contribution in [0.1, 0.15) is 43.9 Å². The number of aryl methyl sites for hydroxylation is 1. The summed E-state index contributed by atoms with van der Waals surface area (Å²) < 4.78 is 1.16. The minimum atomic E-state index is 0.472. The van der Waals surface area contributed by atoms with E-state index < -0.39 is 0 Å². The van der Waals surface area contributed by atoms with E-state index in [1.165, 1.54) is 24.0 Å². The maximum Gasteiger partial charge on any atom is 0.0320 e. The third kappa shape index (κ3) is 3.91. The first-order valence-electron chi connectivity index (χ1n) is 5.98. The van der Waals surface area contributed by atoms with Crippen LogP contribution >= 0.6 is 15.9 Å². The summed E-state index contributed by atoms with van der Waals surface area (Å²) in [5.74, 6) is 0.767. The monoisotopic (exact) mass is 283 g/mol. The number of halogens is 1. The Balaban J connectivity index is 2.81. The van der Waals surface area contributed by atoms with E-state index in [0.717, 1.165) is 10.4 Å². The number of nitrogens with one attached hydrogen (secondary N) is 1. The van der Waals surface area contributed by atoms with Gasteiger partial charge in [0.2, 0.25) is 0 Å². The SMILES string of the molecule is CNC(CCC(C)C)c1cc(Br)ccc1C. The second-order valence-corrected chi connectivity index (χ2v) is 5.73. The van der Waals surface area contributed by atoms with Crippen molar-refractivity contribution in [1.29, 1.82) is 0 Å². The van der Waals surface area contributed by atoms with Crippen LogP contribution in [0.25, 0.3) is 0 Å². The van der Waals surface area contributed by atoms with Gasteiger partial charge in [-0.3, -0.25) is 0 Å². The molecule has 0 aliphatic carbocycles. The van der Waals surface area contributed by atoms with Gasteiger partial charge in [0.15, 0.2) is 0 Å². The van der Waals surface area contributed by atoms with Crippen molar-refractivity contribution in [1.82, 2.24) is 5.32 Å². The minimum Gasteiger partial charge on any atom is -0.313 e. The van der Waals surface area contributed by atoms with E-state index in [0.29, 0.717) is 6.04 Å². The van der Waals surface area contributed by atoms with Crippen molar-refractivity contribution in [2.45, 2.75) is 39.7 Å². The molecule has 0 saturated heterocycles. The molecular formula is C14H22BrN. The molecule has 0 radical (unpaired) electrons. The lowest BCUT2D eigenvalue weighted by Gasteiger charge is -2.20. The molecule has 2 heteroatoms. The molecule has 16 heavy (non-hydrogen) atoms. The first-order chi connectivity index (χ1) is 7.54. The first kappa shape index (κ1) is 13.7. The van der Waals surface area contributed by atoms with Gasteiger partial charge in [-0.15, -0.1) is 0 Å². The third-order valence-electron chi connectivity index (χ3n) is 3.00. The van der Waals surface area contributed by atoms with Gasteiger partial charge in [-0.25, -0.2) is 0 Å². The second kappa shape index (κ2) is 6.41. The van der Waals surface area contributed by atoms with Crippen molar-refractivity contribution in [3.05, 3.63) is 33.8 Å². The van der Waals surface area contributed by atoms with Crippen molar-refractivity contribution >= 4 is 15.9 Å². The molecule has 0 bridgehead atoms. The van der Waals surface area contributed by atoms with Gasteiger partial charge in [0, 0.05) is 10.5 Å². The van der Waals surface area contributed by atoms with E-state index in [-0.39, 0.29) is 0 Å². The van der Waals surface area contributed by atoms with Crippen LogP contribution < -0.4 is 5.32 Å². The quantitative estimate of drug-likeness (QED) is 0.842. The smallest absolute Gasteiger partial charge is 0.0320 e. The summed E-state index contributed by atoms with van der Waals surface area (Å²) >= 11 is 3.55. The van der Waals surface area contributed by atoms with Gasteiger partial charge in [-0.1, -0.05) is 35.8 Å². The average Bonchev–Trinajstić information content (AvgIpc) is 2.23. The molecule has 1 unspecified atom stereocenters. The summed E-state index contributed by atoms with van der Waals surface area (Å²) in [5.41, 5.74) is 2.78. The van der Waals surface area contributed by atoms with E-state index >= 15 is 0 Å². The molecule has 1 N–H and O–H groups in total. The lowest BCUT2D eigenvalue weighted by molar-refractivity contribution is 0.463. The van der Waals surface area contributed by atoms with Crippen LogP contribution in [0, 0.1) is 12.8 Å². The van der Waals surface area contributed by atoms with Gasteiger partial charge in [0.25, 0.3) is 0 Å². The second-order valence-electron chi connectivity index (χ2n) is 4.81. The van der Waals surface area contributed by atoms with E-state index in [9.17, 15) is 0 Å². The van der Waals surface area contributed by atoms with Crippen LogP contribution in [0.2, 0.25) is 0 Å². The van der Waals surface area contributed by atoms with Gasteiger partial charge in [0.1, 0.15) is 0 Å². The summed E-state index contributed by atoms with van der Waals surface area (Å²) in [7, 11) is 2.05. The van der Waals surface area contributed by atoms with Crippen molar-refractivity contribution in [3.63, 3.8) is 0 Å². The molecule has 1 aromatic rings. The number of hydrogen-bond acceptors (Lipinski definition) is 1. The molecule has 1 nitrogen and oxygen atoms in total. The minimum absolute atomic E-state index is 0.472. The summed E-state index contributed by atoms with van der Waals surface area (Å²) in [6.07, 6.45) is 2.46. The zero-order chi connectivity index (χ0) is 12.1. The van der Waals surface area contributed by atoms with Crippen LogP contribution in [0.5, 0.6) is 0 Å². The largest absolute Gasteiger partial charge is 0.313 e. The average molecular weight is 284 g/mol. The van der Waals surface area contributed by atoms with Crippen molar-refractivity contribution in [2.75, 3.05) is 7.05 Å². The van der Waals surface area contributed by atoms with E-state index in [4.69, 9.17) is 0 Å². The van der Waals surface area contributed by atoms with Gasteiger partial charge in [-0.2, -0.15) is 0 Å². The molecule has 0 spiro atoms. The predicted molar refractivity (Wildman–Crippen MR) is 74.8 cm³/mol. The Hall–Kier alpha value is -0.340. The Morgan fingerprint density at radius 1 is 1.25 bits per heavy atom. The molecule has 1 aromatic carbocycles. The standard InChI is InChI=1S/C14H22BrN/c1-10(2)5-8-14(16-4)13-9-12(15)7-6-11(13)3/h6-7,9-10,14,16H,5,8H2,1-4H3. The van der Waals surface area contributed by atoms with Gasteiger partial charge in [0.05, 0.1) is 0 Å². The lowest BCUT2D eigenvalue weighted by Crippen LogP contribution is -2.18. The zero-order valence-electron chi connectivity index (χ0n) is 10.7. The Morgan fingerprint density at radius 2 is 1.94 bits per heavy atom. The number of benzene rings is 1. The topological polar surface area (TPSA) is 12.0 Å². The molecule has 1 atom stereocenters. The lowest BCUT2D eigenvalue weighted by atomic mass is 9.95. The molecule has 0 heterocycles. The molecule has 1 rings (SSSR count). The molecule has 0 aliphatic heterocycles. The Kier molecular flexibility index (Phi) is 5.50. The highest BCUT2D eigenvalue weighted by atomic mass is 79.9. The van der Waals surface area contributed by atoms with E-state index in [2.05, 4.69) is 60.2 Å². The fourth-order valence-corrected chi connectivity index (χ4v) is 2.32. The van der Waals surface area contributed by atoms with Crippen LogP contribution in [-0.2, 0) is 0 Å². The fourth-order valence-electron chi connectivity index (χ4n) is 1.94. The highest BCUT2D eigenvalue weighted by Gasteiger charge is 2.12. The molecule has 0 aliphatic rings. The van der Waals surface area contributed by atoms with Crippen LogP contribution in [-0.4, -0.2) is 7.05 Å². The van der Waals surface area contributed by atoms with Crippen LogP contribution in [0.3, 0.4) is 0 Å². The normalized spacial score (nSPS) is 13.1. The fraction of sp³-hybridized carbons (Fsp3) is 0.571. The first-order valence-corrected chi connectivity index (χ1v) is 6.77. The van der Waals surface area contributed by atoms with Crippen molar-refractivity contribution in [3.8, 4) is 0 Å². The Bertz CT molecular complexity index is 334. The third-order valence-corrected chi connectivity index (χ3v) is 3.49. The summed E-state index contributed by atoms with van der Waals surface area (Å²) in [6, 6.07) is 6.99. The Morgan fingerprint density at radius 3 is 2.50 bits per heavy atom. The maximum atomic E-state index is 3.55. The summed E-state index contributed by atoms with van der Waals surface area (Å²) in [4.78, 5) is 0. The molecule has 0 aromatic heterocycles. The molecule has 0 fully saturated rings. The maximum absolute atomic E-state index is 3.55. The van der Waals surface area contributed by atoms with Crippen LogP contribution in [0.15, 0.2) is 22.7 Å². The van der Waals surface area contributed by atoms with E-state index in [1.54, 1.807) is 0 Å². The van der Waals surface area contributed by atoms with Crippen molar-refractivity contribution < 1.29 is 0 Å². The van der Waals surface area contributed by atoms with Gasteiger partial charge >= 0.3 is 0 Å². The highest BCUT2D eigenvalue weighted by Crippen LogP contribution is 2.26. The molecule has 90 valence electrons. The van der Waals surface area contributed by atoms with Gasteiger partial charge in [-0.05, 0) is 56.0 Å². The predicted octanol–water partition coefficient (Wildman–Crippen LogP) is 4.45. The molecule has 0 saturated carbocycles. The van der Waals surface area contributed by atoms with Crippen molar-refractivity contribution in [2.24, 2.45) is 5.92 Å². The van der Waals surface area contributed by atoms with Gasteiger partial charge < -0.3 is 5.32 Å². The zero-order valence-corrected chi connectivity index (χ0v) is 12.3. The van der Waals surface area contributed by atoms with E-state index in [1.807, 2.05) is 7.05 Å². The highest BCUT2D eigenvalue weighted by molar-refractivity contribution is 9.10. The number of hydrogen-bond donors (Lipinski definition) is 1. The Labute approximate surface area is 108 Å².